The van der Waals surface area contributed by atoms with Crippen LogP contribution in [0.1, 0.15) is 25.8 Å². The van der Waals surface area contributed by atoms with Gasteiger partial charge in [-0.15, -0.1) is 0 Å². The molecule has 0 heterocycles. The van der Waals surface area contributed by atoms with Crippen LogP contribution < -0.4 is 15.2 Å². The molecule has 0 aliphatic rings. The van der Waals surface area contributed by atoms with Gasteiger partial charge in [0.25, 0.3) is 0 Å². The molecule has 1 unspecified atom stereocenters. The van der Waals surface area contributed by atoms with Gasteiger partial charge in [-0.2, -0.15) is 0 Å². The third-order valence-corrected chi connectivity index (χ3v) is 2.87. The van der Waals surface area contributed by atoms with Gasteiger partial charge in [-0.1, -0.05) is 6.07 Å². The van der Waals surface area contributed by atoms with Crippen LogP contribution in [0.25, 0.3) is 0 Å². The van der Waals surface area contributed by atoms with Gasteiger partial charge in [0, 0.05) is 12.6 Å². The summed E-state index contributed by atoms with van der Waals surface area (Å²) in [4.78, 5) is 2.15. The highest BCUT2D eigenvalue weighted by Gasteiger charge is 2.08. The molecule has 0 fully saturated rings. The van der Waals surface area contributed by atoms with Crippen molar-refractivity contribution >= 4 is 0 Å². The monoisotopic (exact) mass is 280 g/mol. The largest absolute Gasteiger partial charge is 0.490 e. The quantitative estimate of drug-likeness (QED) is 0.705. The summed E-state index contributed by atoms with van der Waals surface area (Å²) in [6, 6.07) is 6.23. The normalized spacial score (nSPS) is 12.5. The molecular weight excluding hydrogens is 252 g/mol. The van der Waals surface area contributed by atoms with Crippen LogP contribution in [0.2, 0.25) is 0 Å². The van der Waals surface area contributed by atoms with E-state index in [1.54, 1.807) is 0 Å². The van der Waals surface area contributed by atoms with E-state index < -0.39 is 0 Å². The number of rotatable bonds is 9. The lowest BCUT2D eigenvalue weighted by Crippen LogP contribution is -2.18. The Labute approximate surface area is 122 Å². The number of nitrogens with zero attached hydrogens (tertiary/aromatic N) is 1. The highest BCUT2D eigenvalue weighted by molar-refractivity contribution is 5.43. The number of hydrogen-bond acceptors (Lipinski definition) is 4. The number of benzene rings is 1. The average Bonchev–Trinajstić information content (AvgIpc) is 2.36. The fourth-order valence-electron chi connectivity index (χ4n) is 2.00. The van der Waals surface area contributed by atoms with Crippen LogP contribution in [0.3, 0.4) is 0 Å². The summed E-state index contributed by atoms with van der Waals surface area (Å²) in [7, 11) is 4.13. The summed E-state index contributed by atoms with van der Waals surface area (Å²) >= 11 is 0. The summed E-state index contributed by atoms with van der Waals surface area (Å²) in [5.74, 6) is 1.63. The summed E-state index contributed by atoms with van der Waals surface area (Å²) < 4.78 is 11.5. The Morgan fingerprint density at radius 3 is 2.55 bits per heavy atom. The fraction of sp³-hybridized carbons (Fsp3) is 0.625. The first-order valence-electron chi connectivity index (χ1n) is 7.31. The zero-order valence-corrected chi connectivity index (χ0v) is 13.2. The van der Waals surface area contributed by atoms with E-state index in [1.807, 2.05) is 26.0 Å². The Morgan fingerprint density at radius 2 is 1.95 bits per heavy atom. The second kappa shape index (κ2) is 8.82. The van der Waals surface area contributed by atoms with Crippen molar-refractivity contribution in [3.63, 3.8) is 0 Å². The van der Waals surface area contributed by atoms with E-state index >= 15 is 0 Å². The minimum atomic E-state index is 0.149. The molecule has 4 nitrogen and oxygen atoms in total. The lowest BCUT2D eigenvalue weighted by atomic mass is 10.1. The standard InChI is InChI=1S/C16H28N2O2/c1-5-19-16-12-14(11-13(2)17)7-8-15(16)20-10-6-9-18(3)4/h7-8,12-13H,5-6,9-11,17H2,1-4H3. The van der Waals surface area contributed by atoms with Gasteiger partial charge < -0.3 is 20.1 Å². The molecule has 0 aliphatic carbocycles. The molecule has 1 aromatic rings. The average molecular weight is 280 g/mol. The zero-order chi connectivity index (χ0) is 15.0. The minimum Gasteiger partial charge on any atom is -0.490 e. The Kier molecular flexibility index (Phi) is 7.41. The smallest absolute Gasteiger partial charge is 0.161 e. The molecule has 0 amide bonds. The van der Waals surface area contributed by atoms with Crippen LogP contribution in [0.15, 0.2) is 18.2 Å². The summed E-state index contributed by atoms with van der Waals surface area (Å²) in [5.41, 5.74) is 7.02. The topological polar surface area (TPSA) is 47.7 Å². The second-order valence-electron chi connectivity index (χ2n) is 5.40. The third kappa shape index (κ3) is 6.26. The summed E-state index contributed by atoms with van der Waals surface area (Å²) in [6.07, 6.45) is 1.85. The Balaban J connectivity index is 2.64. The molecule has 0 saturated carbocycles. The molecule has 0 aromatic heterocycles. The van der Waals surface area contributed by atoms with Crippen LogP contribution in [0.5, 0.6) is 11.5 Å². The van der Waals surface area contributed by atoms with Crippen LogP contribution in [-0.2, 0) is 6.42 Å². The van der Waals surface area contributed by atoms with Crippen LogP contribution >= 0.6 is 0 Å². The maximum Gasteiger partial charge on any atom is 0.161 e. The zero-order valence-electron chi connectivity index (χ0n) is 13.2. The molecule has 1 atom stereocenters. The predicted octanol–water partition coefficient (Wildman–Crippen LogP) is 2.31. The van der Waals surface area contributed by atoms with Crippen molar-refractivity contribution in [1.29, 1.82) is 0 Å². The van der Waals surface area contributed by atoms with Crippen molar-refractivity contribution < 1.29 is 9.47 Å². The Hall–Kier alpha value is -1.26. The Morgan fingerprint density at radius 1 is 1.20 bits per heavy atom. The van der Waals surface area contributed by atoms with Crippen LogP contribution in [0.4, 0.5) is 0 Å². The molecule has 2 N–H and O–H groups in total. The van der Waals surface area contributed by atoms with Gasteiger partial charge in [-0.3, -0.25) is 0 Å². The van der Waals surface area contributed by atoms with Crippen molar-refractivity contribution in [3.8, 4) is 11.5 Å². The van der Waals surface area contributed by atoms with Gasteiger partial charge >= 0.3 is 0 Å². The first-order valence-corrected chi connectivity index (χ1v) is 7.31. The van der Waals surface area contributed by atoms with Crippen molar-refractivity contribution in [2.45, 2.75) is 32.7 Å². The highest BCUT2D eigenvalue weighted by Crippen LogP contribution is 2.29. The van der Waals surface area contributed by atoms with Crippen molar-refractivity contribution in [1.82, 2.24) is 4.90 Å². The molecule has 20 heavy (non-hydrogen) atoms. The predicted molar refractivity (Wildman–Crippen MR) is 83.6 cm³/mol. The van der Waals surface area contributed by atoms with E-state index in [0.717, 1.165) is 30.9 Å². The van der Waals surface area contributed by atoms with E-state index in [4.69, 9.17) is 15.2 Å². The maximum atomic E-state index is 5.84. The van der Waals surface area contributed by atoms with Gasteiger partial charge in [0.15, 0.2) is 11.5 Å². The van der Waals surface area contributed by atoms with Gasteiger partial charge in [-0.25, -0.2) is 0 Å². The molecule has 1 aromatic carbocycles. The van der Waals surface area contributed by atoms with Crippen LogP contribution in [0, 0.1) is 0 Å². The first-order chi connectivity index (χ1) is 9.52. The molecule has 114 valence electrons. The lowest BCUT2D eigenvalue weighted by Gasteiger charge is -2.15. The fourth-order valence-corrected chi connectivity index (χ4v) is 2.00. The molecule has 0 aliphatic heterocycles. The van der Waals surface area contributed by atoms with E-state index in [2.05, 4.69) is 25.1 Å². The number of hydrogen-bond donors (Lipinski definition) is 1. The number of ether oxygens (including phenoxy) is 2. The van der Waals surface area contributed by atoms with Gasteiger partial charge in [0.2, 0.25) is 0 Å². The molecular formula is C16H28N2O2. The summed E-state index contributed by atoms with van der Waals surface area (Å²) in [6.45, 7) is 6.34. The lowest BCUT2D eigenvalue weighted by molar-refractivity contribution is 0.258. The molecule has 1 rings (SSSR count). The molecule has 4 heteroatoms. The Bertz CT molecular complexity index is 392. The van der Waals surface area contributed by atoms with E-state index in [1.165, 1.54) is 5.56 Å². The van der Waals surface area contributed by atoms with Gasteiger partial charge in [0.05, 0.1) is 13.2 Å². The minimum absolute atomic E-state index is 0.149. The van der Waals surface area contributed by atoms with Crippen molar-refractivity contribution in [2.24, 2.45) is 5.73 Å². The van der Waals surface area contributed by atoms with Crippen molar-refractivity contribution in [2.75, 3.05) is 33.9 Å². The summed E-state index contributed by atoms with van der Waals surface area (Å²) in [5, 5.41) is 0. The van der Waals surface area contributed by atoms with Crippen LogP contribution in [-0.4, -0.2) is 44.8 Å². The van der Waals surface area contributed by atoms with E-state index in [-0.39, 0.29) is 6.04 Å². The highest BCUT2D eigenvalue weighted by atomic mass is 16.5. The maximum absolute atomic E-state index is 5.84. The molecule has 0 radical (unpaired) electrons. The van der Waals surface area contributed by atoms with Gasteiger partial charge in [0.1, 0.15) is 0 Å². The first kappa shape index (κ1) is 16.8. The molecule has 0 spiro atoms. The molecule has 0 bridgehead atoms. The van der Waals surface area contributed by atoms with Gasteiger partial charge in [-0.05, 0) is 58.5 Å². The van der Waals surface area contributed by atoms with E-state index in [9.17, 15) is 0 Å². The number of nitrogens with two attached hydrogens (primary N) is 1. The second-order valence-corrected chi connectivity index (χ2v) is 5.40. The van der Waals surface area contributed by atoms with Crippen molar-refractivity contribution in [3.05, 3.63) is 23.8 Å². The third-order valence-electron chi connectivity index (χ3n) is 2.87. The molecule has 0 saturated heterocycles. The SMILES string of the molecule is CCOc1cc(CC(C)N)ccc1OCCCN(C)C. The van der Waals surface area contributed by atoms with E-state index in [0.29, 0.717) is 13.2 Å².